The highest BCUT2D eigenvalue weighted by Gasteiger charge is 2.27. The maximum absolute atomic E-state index is 14.5. The summed E-state index contributed by atoms with van der Waals surface area (Å²) in [6.45, 7) is 17.6. The van der Waals surface area contributed by atoms with Gasteiger partial charge < -0.3 is 15.3 Å². The van der Waals surface area contributed by atoms with Crippen molar-refractivity contribution in [2.75, 3.05) is 0 Å². The van der Waals surface area contributed by atoms with Crippen LogP contribution in [0.15, 0.2) is 92.5 Å². The second kappa shape index (κ2) is 21.8. The molecule has 0 aliphatic carbocycles. The number of nitrogens with two attached hydrogens (primary N) is 1. The lowest BCUT2D eigenvalue weighted by atomic mass is 9.87. The molecule has 4 heterocycles. The minimum absolute atomic E-state index is 0.0518. The summed E-state index contributed by atoms with van der Waals surface area (Å²) in [4.78, 5) is 32.2. The number of halogens is 2. The number of carboxylic acids is 1. The topological polar surface area (TPSA) is 227 Å². The van der Waals surface area contributed by atoms with Crippen molar-refractivity contribution in [1.29, 1.82) is 0 Å². The number of pyridine rings is 2. The van der Waals surface area contributed by atoms with Crippen LogP contribution >= 0.6 is 22.7 Å². The first-order valence-corrected chi connectivity index (χ1v) is 25.6. The van der Waals surface area contributed by atoms with Gasteiger partial charge >= 0.3 is 5.97 Å². The lowest BCUT2D eigenvalue weighted by Gasteiger charge is -2.19. The van der Waals surface area contributed by atoms with E-state index in [1.165, 1.54) is 36.4 Å². The molecule has 0 spiro atoms. The van der Waals surface area contributed by atoms with Gasteiger partial charge in [0.2, 0.25) is 15.9 Å². The summed E-state index contributed by atoms with van der Waals surface area (Å²) in [7, 11) is -7.76. The summed E-state index contributed by atoms with van der Waals surface area (Å²) in [5.41, 5.74) is 5.81. The Morgan fingerprint density at radius 1 is 0.687 bits per heavy atom. The van der Waals surface area contributed by atoms with Crippen LogP contribution in [-0.4, -0.2) is 54.0 Å². The first kappa shape index (κ1) is 54.3. The van der Waals surface area contributed by atoms with Crippen LogP contribution in [0, 0.1) is 25.5 Å². The summed E-state index contributed by atoms with van der Waals surface area (Å²) in [6.07, 6.45) is 6.21. The minimum atomic E-state index is -4.12. The number of sulfonamides is 2. The fourth-order valence-electron chi connectivity index (χ4n) is 6.89. The van der Waals surface area contributed by atoms with Crippen molar-refractivity contribution in [3.63, 3.8) is 0 Å². The molecule has 360 valence electrons. The summed E-state index contributed by atoms with van der Waals surface area (Å²) in [5.74, 6) is -2.46. The van der Waals surface area contributed by atoms with E-state index >= 15 is 0 Å². The van der Waals surface area contributed by atoms with Gasteiger partial charge in [-0.3, -0.25) is 19.6 Å². The Morgan fingerprint density at radius 3 is 1.43 bits per heavy atom. The zero-order chi connectivity index (χ0) is 50.4. The number of nitrogens with one attached hydrogen (secondary N) is 1. The van der Waals surface area contributed by atoms with Crippen LogP contribution in [0.25, 0.3) is 22.3 Å². The molecule has 0 atom stereocenters. The third kappa shape index (κ3) is 14.6. The van der Waals surface area contributed by atoms with Gasteiger partial charge in [-0.2, -0.15) is 0 Å². The van der Waals surface area contributed by atoms with Crippen molar-refractivity contribution in [2.45, 2.75) is 114 Å². The number of aromatic nitrogens is 2. The molecule has 6 N–H and O–H groups in total. The summed E-state index contributed by atoms with van der Waals surface area (Å²) >= 11 is 1.93. The first-order valence-electron chi connectivity index (χ1n) is 20.8. The van der Waals surface area contributed by atoms with Crippen LogP contribution in [0.1, 0.15) is 112 Å². The van der Waals surface area contributed by atoms with Crippen LogP contribution in [0.3, 0.4) is 0 Å². The van der Waals surface area contributed by atoms with Gasteiger partial charge in [-0.15, -0.1) is 22.7 Å². The number of carboxylic acid groups (broad SMARTS) is 1. The number of aryl methyl sites for hydroxylation is 2. The molecule has 0 saturated heterocycles. The number of carbonyl (C=O) groups is 2. The van der Waals surface area contributed by atoms with Crippen LogP contribution in [-0.2, 0) is 53.7 Å². The van der Waals surface area contributed by atoms with E-state index in [-0.39, 0.29) is 38.9 Å². The molecule has 0 bridgehead atoms. The lowest BCUT2D eigenvalue weighted by Crippen LogP contribution is -2.32. The number of primary sulfonamides is 1. The van der Waals surface area contributed by atoms with E-state index in [1.807, 2.05) is 41.5 Å². The maximum atomic E-state index is 14.5. The number of benzene rings is 2. The molecule has 0 saturated carbocycles. The number of thiophene rings is 2. The zero-order valence-electron chi connectivity index (χ0n) is 38.8. The molecule has 0 fully saturated rings. The Balaban J connectivity index is 0.000000245. The van der Waals surface area contributed by atoms with E-state index < -0.39 is 48.9 Å². The van der Waals surface area contributed by atoms with Gasteiger partial charge in [-0.1, -0.05) is 27.7 Å². The molecule has 67 heavy (non-hydrogen) atoms. The standard InChI is InChI=1S/C24H27FN2O4S2.C17H18FNO2.C7H11NO3S2/c1-14(2)19-9-17(25)10-20(18-6-7-26-12-15(18)3)21(19)11-22(28)27-33(30,31)23-8-16(13-32-23)24(4,5)29;1-10(2)14-6-12(18)7-15(16(14)8-17(20)21)13-4-5-19-9-11(13)3;1-7(2,9)5-3-6(12-4-5)13(8,10)11/h6-10,12-14,29H,11H2,1-5H3,(H,27,28);4-7,9-10H,8H2,1-3H3,(H,20,21);3-4,9H,1-2H3,(H2,8,10,11). The highest BCUT2D eigenvalue weighted by molar-refractivity contribution is 7.92. The molecular weight excluding hydrogens is 943 g/mol. The normalized spacial score (nSPS) is 12.0. The number of hydrogen-bond donors (Lipinski definition) is 5. The van der Waals surface area contributed by atoms with Crippen molar-refractivity contribution in [1.82, 2.24) is 14.7 Å². The van der Waals surface area contributed by atoms with Gasteiger partial charge in [-0.05, 0) is 179 Å². The molecule has 19 heteroatoms. The van der Waals surface area contributed by atoms with Gasteiger partial charge in [0.1, 0.15) is 20.1 Å². The van der Waals surface area contributed by atoms with Gasteiger partial charge in [0, 0.05) is 24.8 Å². The van der Waals surface area contributed by atoms with E-state index in [0.717, 1.165) is 50.5 Å². The van der Waals surface area contributed by atoms with E-state index in [0.29, 0.717) is 38.9 Å². The molecule has 0 unspecified atom stereocenters. The fraction of sp³-hybridized carbons (Fsp3) is 0.333. The number of rotatable bonds is 13. The monoisotopic (exact) mass is 998 g/mol. The van der Waals surface area contributed by atoms with Gasteiger partial charge in [0.05, 0.1) is 24.0 Å². The van der Waals surface area contributed by atoms with Crippen LogP contribution in [0.5, 0.6) is 0 Å². The van der Waals surface area contributed by atoms with Gasteiger partial charge in [0.15, 0.2) is 0 Å². The fourth-order valence-corrected chi connectivity index (χ4v) is 11.0. The Hall–Kier alpha value is -5.28. The molecule has 13 nitrogen and oxygen atoms in total. The van der Waals surface area contributed by atoms with Gasteiger partial charge in [0.25, 0.3) is 10.0 Å². The molecular formula is C48H56F2N4O9S4. The zero-order valence-corrected chi connectivity index (χ0v) is 42.1. The number of nitrogens with zero attached hydrogens (tertiary/aromatic N) is 2. The number of amides is 1. The average Bonchev–Trinajstić information content (AvgIpc) is 3.93. The van der Waals surface area contributed by atoms with Crippen LogP contribution < -0.4 is 9.86 Å². The van der Waals surface area contributed by atoms with E-state index in [1.54, 1.807) is 75.4 Å². The second-order valence-electron chi connectivity index (χ2n) is 17.5. The number of hydrogen-bond acceptors (Lipinski definition) is 12. The SMILES string of the molecule is CC(C)(O)c1csc(S(N)(=O)=O)c1.Cc1cnccc1-c1cc(F)cc(C(C)C)c1CC(=O)NS(=O)(=O)c1cc(C(C)(C)O)cs1.Cc1cnccc1-c1cc(F)cc(C(C)C)c1CC(=O)O. The lowest BCUT2D eigenvalue weighted by molar-refractivity contribution is -0.136. The number of carbonyl (C=O) groups excluding carboxylic acids is 1. The molecule has 0 aliphatic heterocycles. The summed E-state index contributed by atoms with van der Waals surface area (Å²) in [6, 6.07) is 11.9. The molecule has 0 aliphatic rings. The molecule has 1 amide bonds. The Morgan fingerprint density at radius 2 is 1.09 bits per heavy atom. The Bertz CT molecular complexity index is 2970. The Kier molecular flexibility index (Phi) is 17.7. The molecule has 6 rings (SSSR count). The minimum Gasteiger partial charge on any atom is -0.481 e. The second-order valence-corrected chi connectivity index (χ2v) is 23.0. The third-order valence-corrected chi connectivity index (χ3v) is 15.6. The number of aliphatic carboxylic acids is 1. The van der Waals surface area contributed by atoms with Crippen molar-refractivity contribution in [3.8, 4) is 22.3 Å². The van der Waals surface area contributed by atoms with Crippen LogP contribution in [0.2, 0.25) is 0 Å². The predicted octanol–water partition coefficient (Wildman–Crippen LogP) is 9.23. The molecule has 6 aromatic rings. The average molecular weight is 999 g/mol. The number of aliphatic hydroxyl groups is 2. The molecule has 0 radical (unpaired) electrons. The summed E-state index contributed by atoms with van der Waals surface area (Å²) < 4.78 is 77.9. The largest absolute Gasteiger partial charge is 0.481 e. The first-order chi connectivity index (χ1) is 30.9. The van der Waals surface area contributed by atoms with Crippen molar-refractivity contribution in [2.24, 2.45) is 5.14 Å². The smallest absolute Gasteiger partial charge is 0.307 e. The van der Waals surface area contributed by atoms with Crippen molar-refractivity contribution >= 4 is 54.6 Å². The predicted molar refractivity (Wildman–Crippen MR) is 258 cm³/mol. The van der Waals surface area contributed by atoms with Gasteiger partial charge in [-0.25, -0.2) is 35.5 Å². The quantitative estimate of drug-likeness (QED) is 0.0733. The Labute approximate surface area is 398 Å². The third-order valence-electron chi connectivity index (χ3n) is 10.4. The summed E-state index contributed by atoms with van der Waals surface area (Å²) in [5, 5.41) is 36.9. The van der Waals surface area contributed by atoms with E-state index in [9.17, 15) is 50.5 Å². The van der Waals surface area contributed by atoms with Crippen molar-refractivity contribution < 1.29 is 50.5 Å². The van der Waals surface area contributed by atoms with E-state index in [4.69, 9.17) is 5.14 Å². The highest BCUT2D eigenvalue weighted by Crippen LogP contribution is 2.36. The van der Waals surface area contributed by atoms with Crippen molar-refractivity contribution in [3.05, 3.63) is 140 Å². The van der Waals surface area contributed by atoms with Crippen LogP contribution in [0.4, 0.5) is 8.78 Å². The highest BCUT2D eigenvalue weighted by atomic mass is 32.3. The van der Waals surface area contributed by atoms with E-state index in [2.05, 4.69) is 14.7 Å². The molecule has 2 aromatic carbocycles. The maximum Gasteiger partial charge on any atom is 0.307 e. The molecule has 4 aromatic heterocycles.